The fraction of sp³-hybridized carbons (Fsp3) is 0.857. The highest BCUT2D eigenvalue weighted by Crippen LogP contribution is 2.11. The zero-order chi connectivity index (χ0) is 8.69. The van der Waals surface area contributed by atoms with Gasteiger partial charge in [0.2, 0.25) is 0 Å². The first-order valence-corrected chi connectivity index (χ1v) is 4.51. The molecule has 0 aromatic carbocycles. The minimum atomic E-state index is -0.636. The average molecular weight is 225 g/mol. The molecule has 0 fully saturated rings. The molecule has 4 heteroatoms. The summed E-state index contributed by atoms with van der Waals surface area (Å²) in [5.41, 5.74) is 0. The summed E-state index contributed by atoms with van der Waals surface area (Å²) < 4.78 is 9.07. The SMILES string of the molecule is CCCCC(Br)OC(=O)OC. The molecule has 0 aliphatic rings. The fourth-order valence-corrected chi connectivity index (χ4v) is 1.05. The lowest BCUT2D eigenvalue weighted by Crippen LogP contribution is -2.11. The molecule has 1 atom stereocenters. The van der Waals surface area contributed by atoms with Gasteiger partial charge in [-0.3, -0.25) is 0 Å². The Morgan fingerprint density at radius 1 is 1.64 bits per heavy atom. The lowest BCUT2D eigenvalue weighted by Gasteiger charge is -2.08. The number of hydrogen-bond acceptors (Lipinski definition) is 3. The van der Waals surface area contributed by atoms with E-state index in [9.17, 15) is 4.79 Å². The largest absolute Gasteiger partial charge is 0.509 e. The average Bonchev–Trinajstić information content (AvgIpc) is 2.00. The van der Waals surface area contributed by atoms with Crippen molar-refractivity contribution in [2.75, 3.05) is 7.11 Å². The van der Waals surface area contributed by atoms with E-state index >= 15 is 0 Å². The molecule has 0 rings (SSSR count). The van der Waals surface area contributed by atoms with Crippen molar-refractivity contribution in [3.8, 4) is 0 Å². The second kappa shape index (κ2) is 6.46. The Morgan fingerprint density at radius 3 is 2.73 bits per heavy atom. The predicted molar refractivity (Wildman–Crippen MR) is 45.7 cm³/mol. The van der Waals surface area contributed by atoms with Gasteiger partial charge in [-0.1, -0.05) is 13.3 Å². The van der Waals surface area contributed by atoms with Gasteiger partial charge in [0.05, 0.1) is 7.11 Å². The van der Waals surface area contributed by atoms with E-state index < -0.39 is 6.16 Å². The van der Waals surface area contributed by atoms with Gasteiger partial charge in [-0.2, -0.15) is 0 Å². The van der Waals surface area contributed by atoms with Crippen LogP contribution in [-0.4, -0.2) is 18.3 Å². The third-order valence-corrected chi connectivity index (χ3v) is 1.82. The van der Waals surface area contributed by atoms with E-state index in [1.165, 1.54) is 7.11 Å². The highest BCUT2D eigenvalue weighted by atomic mass is 79.9. The molecule has 0 saturated heterocycles. The fourth-order valence-electron chi connectivity index (χ4n) is 0.576. The lowest BCUT2D eigenvalue weighted by atomic mass is 10.3. The van der Waals surface area contributed by atoms with Gasteiger partial charge in [0, 0.05) is 0 Å². The van der Waals surface area contributed by atoms with E-state index in [4.69, 9.17) is 4.74 Å². The third kappa shape index (κ3) is 6.16. The molecule has 66 valence electrons. The molecule has 0 bridgehead atoms. The van der Waals surface area contributed by atoms with Gasteiger partial charge in [-0.15, -0.1) is 0 Å². The molecule has 11 heavy (non-hydrogen) atoms. The number of rotatable bonds is 4. The van der Waals surface area contributed by atoms with Crippen LogP contribution < -0.4 is 0 Å². The monoisotopic (exact) mass is 224 g/mol. The summed E-state index contributed by atoms with van der Waals surface area (Å²) in [5, 5.41) is -0.213. The Labute approximate surface area is 75.2 Å². The molecule has 0 amide bonds. The van der Waals surface area contributed by atoms with Crippen LogP contribution in [0.5, 0.6) is 0 Å². The molecule has 3 nitrogen and oxygen atoms in total. The van der Waals surface area contributed by atoms with Crippen LogP contribution in [0.2, 0.25) is 0 Å². The Morgan fingerprint density at radius 2 is 2.27 bits per heavy atom. The molecule has 0 saturated carbocycles. The van der Waals surface area contributed by atoms with Crippen LogP contribution in [0.4, 0.5) is 4.79 Å². The molecule has 0 aromatic heterocycles. The highest BCUT2D eigenvalue weighted by molar-refractivity contribution is 9.09. The van der Waals surface area contributed by atoms with Crippen LogP contribution in [-0.2, 0) is 9.47 Å². The number of carbonyl (C=O) groups excluding carboxylic acids is 1. The predicted octanol–water partition coefficient (Wildman–Crippen LogP) is 2.68. The smallest absolute Gasteiger partial charge is 0.438 e. The maximum atomic E-state index is 10.5. The van der Waals surface area contributed by atoms with Gasteiger partial charge < -0.3 is 9.47 Å². The Bertz CT molecular complexity index is 116. The second-order valence-corrected chi connectivity index (χ2v) is 3.15. The van der Waals surface area contributed by atoms with Crippen LogP contribution >= 0.6 is 15.9 Å². The Hall–Kier alpha value is -0.250. The molecule has 0 aliphatic carbocycles. The zero-order valence-electron chi connectivity index (χ0n) is 6.80. The van der Waals surface area contributed by atoms with Crippen molar-refractivity contribution < 1.29 is 14.3 Å². The first kappa shape index (κ1) is 10.8. The minimum absolute atomic E-state index is 0.213. The third-order valence-electron chi connectivity index (χ3n) is 1.18. The molecule has 0 spiro atoms. The number of ether oxygens (including phenoxy) is 2. The number of hydrogen-bond donors (Lipinski definition) is 0. The van der Waals surface area contributed by atoms with Gasteiger partial charge >= 0.3 is 6.16 Å². The summed E-state index contributed by atoms with van der Waals surface area (Å²) in [6.07, 6.45) is 2.31. The first-order chi connectivity index (χ1) is 5.20. The van der Waals surface area contributed by atoms with Gasteiger partial charge in [0.15, 0.2) is 5.01 Å². The van der Waals surface area contributed by atoms with Gasteiger partial charge in [0.25, 0.3) is 0 Å². The van der Waals surface area contributed by atoms with Crippen molar-refractivity contribution in [3.63, 3.8) is 0 Å². The Balaban J connectivity index is 3.35. The molecule has 0 heterocycles. The van der Waals surface area contributed by atoms with E-state index in [-0.39, 0.29) is 5.01 Å². The molecule has 0 aliphatic heterocycles. The molecule has 0 aromatic rings. The maximum absolute atomic E-state index is 10.5. The van der Waals surface area contributed by atoms with Crippen LogP contribution in [0, 0.1) is 0 Å². The summed E-state index contributed by atoms with van der Waals surface area (Å²) >= 11 is 3.20. The van der Waals surface area contributed by atoms with Crippen molar-refractivity contribution in [3.05, 3.63) is 0 Å². The first-order valence-electron chi connectivity index (χ1n) is 3.59. The van der Waals surface area contributed by atoms with Crippen molar-refractivity contribution >= 4 is 22.1 Å². The summed E-state index contributed by atoms with van der Waals surface area (Å²) in [7, 11) is 1.29. The number of halogens is 1. The van der Waals surface area contributed by atoms with Gasteiger partial charge in [0.1, 0.15) is 0 Å². The maximum Gasteiger partial charge on any atom is 0.509 e. The van der Waals surface area contributed by atoms with Crippen LogP contribution in [0.3, 0.4) is 0 Å². The zero-order valence-corrected chi connectivity index (χ0v) is 8.39. The lowest BCUT2D eigenvalue weighted by molar-refractivity contribution is 0.0634. The summed E-state index contributed by atoms with van der Waals surface area (Å²) in [4.78, 5) is 10.5. The number of alkyl halides is 1. The number of unbranched alkanes of at least 4 members (excludes halogenated alkanes) is 1. The van der Waals surface area contributed by atoms with Crippen LogP contribution in [0.25, 0.3) is 0 Å². The number of carbonyl (C=O) groups is 1. The summed E-state index contributed by atoms with van der Waals surface area (Å²) in [6.45, 7) is 2.08. The van der Waals surface area contributed by atoms with Gasteiger partial charge in [-0.25, -0.2) is 4.79 Å². The van der Waals surface area contributed by atoms with Crippen LogP contribution in [0.1, 0.15) is 26.2 Å². The summed E-state index contributed by atoms with van der Waals surface area (Å²) in [5.74, 6) is 0. The Kier molecular flexibility index (Phi) is 6.31. The second-order valence-electron chi connectivity index (χ2n) is 2.12. The van der Waals surface area contributed by atoms with E-state index in [0.717, 1.165) is 19.3 Å². The quantitative estimate of drug-likeness (QED) is 0.545. The number of methoxy groups -OCH3 is 1. The van der Waals surface area contributed by atoms with Crippen LogP contribution in [0.15, 0.2) is 0 Å². The molecule has 1 unspecified atom stereocenters. The summed E-state index contributed by atoms with van der Waals surface area (Å²) in [6, 6.07) is 0. The van der Waals surface area contributed by atoms with Crippen molar-refractivity contribution in [1.29, 1.82) is 0 Å². The molecule has 0 radical (unpaired) electrons. The van der Waals surface area contributed by atoms with E-state index in [1.54, 1.807) is 0 Å². The minimum Gasteiger partial charge on any atom is -0.438 e. The van der Waals surface area contributed by atoms with Crippen molar-refractivity contribution in [1.82, 2.24) is 0 Å². The standard InChI is InChI=1S/C7H13BrO3/c1-3-4-5-6(8)11-7(9)10-2/h6H,3-5H2,1-2H3. The van der Waals surface area contributed by atoms with Crippen molar-refractivity contribution in [2.45, 2.75) is 31.2 Å². The molecular weight excluding hydrogens is 212 g/mol. The van der Waals surface area contributed by atoms with E-state index in [1.807, 2.05) is 0 Å². The molecule has 0 N–H and O–H groups in total. The molecular formula is C7H13BrO3. The highest BCUT2D eigenvalue weighted by Gasteiger charge is 2.09. The normalized spacial score (nSPS) is 12.3. The topological polar surface area (TPSA) is 35.5 Å². The van der Waals surface area contributed by atoms with Crippen molar-refractivity contribution in [2.24, 2.45) is 0 Å². The van der Waals surface area contributed by atoms with E-state index in [2.05, 4.69) is 27.6 Å². The van der Waals surface area contributed by atoms with Gasteiger partial charge in [-0.05, 0) is 28.8 Å². The van der Waals surface area contributed by atoms with E-state index in [0.29, 0.717) is 0 Å².